The highest BCUT2D eigenvalue weighted by Gasteiger charge is 2.22. The van der Waals surface area contributed by atoms with Gasteiger partial charge < -0.3 is 19.5 Å². The monoisotopic (exact) mass is 417 g/mol. The predicted octanol–water partition coefficient (Wildman–Crippen LogP) is 4.52. The van der Waals surface area contributed by atoms with E-state index >= 15 is 0 Å². The second-order valence-electron chi connectivity index (χ2n) is 7.72. The summed E-state index contributed by atoms with van der Waals surface area (Å²) in [5, 5.41) is 2.98. The highest BCUT2D eigenvalue weighted by atomic mass is 16.5. The fraction of sp³-hybridized carbons (Fsp3) is 0.583. The molecule has 1 aliphatic rings. The molecule has 0 heterocycles. The molecule has 1 amide bonds. The minimum absolute atomic E-state index is 0.176. The molecule has 1 aliphatic carbocycles. The first-order valence-corrected chi connectivity index (χ1v) is 11.1. The molecule has 0 aromatic heterocycles. The maximum absolute atomic E-state index is 12.1. The van der Waals surface area contributed by atoms with Gasteiger partial charge in [0.1, 0.15) is 0 Å². The van der Waals surface area contributed by atoms with Gasteiger partial charge in [0.2, 0.25) is 0 Å². The van der Waals surface area contributed by atoms with E-state index in [0.29, 0.717) is 30.6 Å². The maximum Gasteiger partial charge on any atom is 0.331 e. The lowest BCUT2D eigenvalue weighted by Crippen LogP contribution is -2.42. The first-order chi connectivity index (χ1) is 14.5. The van der Waals surface area contributed by atoms with Crippen LogP contribution in [0.5, 0.6) is 11.5 Å². The van der Waals surface area contributed by atoms with Crippen molar-refractivity contribution in [2.75, 3.05) is 19.8 Å². The molecule has 6 heteroatoms. The summed E-state index contributed by atoms with van der Waals surface area (Å²) in [6.45, 7) is 7.07. The Morgan fingerprint density at radius 2 is 1.93 bits per heavy atom. The molecule has 30 heavy (non-hydrogen) atoms. The lowest BCUT2D eigenvalue weighted by molar-refractivity contribution is -0.144. The lowest BCUT2D eigenvalue weighted by atomic mass is 9.86. The van der Waals surface area contributed by atoms with Crippen molar-refractivity contribution in [1.29, 1.82) is 0 Å². The number of esters is 1. The summed E-state index contributed by atoms with van der Waals surface area (Å²) in [6, 6.07) is 5.69. The molecule has 166 valence electrons. The van der Waals surface area contributed by atoms with Crippen molar-refractivity contribution in [1.82, 2.24) is 5.32 Å². The summed E-state index contributed by atoms with van der Waals surface area (Å²) >= 11 is 0. The number of rotatable bonds is 11. The standard InChI is InChI=1S/C24H35NO5/c1-4-6-15-29-21-13-11-19(16-22(21)28-5-2)12-14-24(27)30-17-23(26)25-20-10-8-7-9-18(20)3/h11-14,16,18,20H,4-10,15,17H2,1-3H3,(H,25,26)/b14-12+/t18-,20-/m0/s1. The quantitative estimate of drug-likeness (QED) is 0.326. The van der Waals surface area contributed by atoms with Crippen molar-refractivity contribution >= 4 is 18.0 Å². The van der Waals surface area contributed by atoms with Crippen LogP contribution in [0.4, 0.5) is 0 Å². The molecule has 0 saturated heterocycles. The van der Waals surface area contributed by atoms with Crippen LogP contribution in [0.3, 0.4) is 0 Å². The Morgan fingerprint density at radius 1 is 1.13 bits per heavy atom. The number of benzene rings is 1. The van der Waals surface area contributed by atoms with Crippen molar-refractivity contribution in [2.24, 2.45) is 5.92 Å². The summed E-state index contributed by atoms with van der Waals surface area (Å²) in [7, 11) is 0. The average Bonchev–Trinajstić information content (AvgIpc) is 2.74. The van der Waals surface area contributed by atoms with E-state index in [-0.39, 0.29) is 18.6 Å². The number of unbranched alkanes of at least 4 members (excludes halogenated alkanes) is 1. The number of ether oxygens (including phenoxy) is 3. The number of carbonyl (C=O) groups excluding carboxylic acids is 2. The van der Waals surface area contributed by atoms with Crippen LogP contribution in [-0.4, -0.2) is 37.7 Å². The highest BCUT2D eigenvalue weighted by Crippen LogP contribution is 2.29. The van der Waals surface area contributed by atoms with Crippen LogP contribution >= 0.6 is 0 Å². The van der Waals surface area contributed by atoms with Gasteiger partial charge in [0.05, 0.1) is 13.2 Å². The summed E-state index contributed by atoms with van der Waals surface area (Å²) in [6.07, 6.45) is 9.45. The molecular formula is C24H35NO5. The van der Waals surface area contributed by atoms with Crippen LogP contribution in [0.25, 0.3) is 6.08 Å². The van der Waals surface area contributed by atoms with E-state index in [1.807, 2.05) is 25.1 Å². The Bertz CT molecular complexity index is 716. The zero-order valence-corrected chi connectivity index (χ0v) is 18.4. The van der Waals surface area contributed by atoms with E-state index in [9.17, 15) is 9.59 Å². The number of amides is 1. The molecule has 1 fully saturated rings. The second-order valence-corrected chi connectivity index (χ2v) is 7.72. The van der Waals surface area contributed by atoms with Gasteiger partial charge in [-0.3, -0.25) is 4.79 Å². The fourth-order valence-corrected chi connectivity index (χ4v) is 3.47. The molecule has 0 aliphatic heterocycles. The molecule has 0 radical (unpaired) electrons. The zero-order valence-electron chi connectivity index (χ0n) is 18.4. The van der Waals surface area contributed by atoms with E-state index in [0.717, 1.165) is 37.7 Å². The Hall–Kier alpha value is -2.50. The normalized spacial score (nSPS) is 18.8. The van der Waals surface area contributed by atoms with E-state index in [1.54, 1.807) is 6.08 Å². The van der Waals surface area contributed by atoms with Crippen LogP contribution in [0.15, 0.2) is 24.3 Å². The van der Waals surface area contributed by atoms with Crippen molar-refractivity contribution in [2.45, 2.75) is 65.3 Å². The van der Waals surface area contributed by atoms with Crippen molar-refractivity contribution in [3.8, 4) is 11.5 Å². The van der Waals surface area contributed by atoms with Gasteiger partial charge >= 0.3 is 5.97 Å². The smallest absolute Gasteiger partial charge is 0.331 e. The van der Waals surface area contributed by atoms with Crippen LogP contribution in [0, 0.1) is 5.92 Å². The zero-order chi connectivity index (χ0) is 21.8. The minimum Gasteiger partial charge on any atom is -0.490 e. The van der Waals surface area contributed by atoms with Gasteiger partial charge in [0.15, 0.2) is 18.1 Å². The molecule has 1 N–H and O–H groups in total. The molecule has 1 aromatic carbocycles. The first kappa shape index (κ1) is 23.8. The van der Waals surface area contributed by atoms with Crippen molar-refractivity contribution in [3.05, 3.63) is 29.8 Å². The van der Waals surface area contributed by atoms with Gasteiger partial charge in [-0.2, -0.15) is 0 Å². The fourth-order valence-electron chi connectivity index (χ4n) is 3.47. The SMILES string of the molecule is CCCCOc1ccc(/C=C/C(=O)OCC(=O)N[C@H]2CCCC[C@@H]2C)cc1OCC. The Morgan fingerprint density at radius 3 is 2.67 bits per heavy atom. The van der Waals surface area contributed by atoms with Gasteiger partial charge in [-0.15, -0.1) is 0 Å². The number of nitrogens with one attached hydrogen (secondary N) is 1. The molecule has 0 spiro atoms. The maximum atomic E-state index is 12.1. The van der Waals surface area contributed by atoms with Gasteiger partial charge in [0, 0.05) is 12.1 Å². The third-order valence-electron chi connectivity index (χ3n) is 5.24. The van der Waals surface area contributed by atoms with Gasteiger partial charge in [-0.1, -0.05) is 39.2 Å². The number of hydrogen-bond acceptors (Lipinski definition) is 5. The summed E-state index contributed by atoms with van der Waals surface area (Å²) in [5.41, 5.74) is 0.790. The topological polar surface area (TPSA) is 73.9 Å². The van der Waals surface area contributed by atoms with E-state index in [4.69, 9.17) is 14.2 Å². The molecule has 0 unspecified atom stereocenters. The lowest BCUT2D eigenvalue weighted by Gasteiger charge is -2.29. The van der Waals surface area contributed by atoms with Crippen LogP contribution < -0.4 is 14.8 Å². The second kappa shape index (κ2) is 12.9. The Balaban J connectivity index is 1.84. The summed E-state index contributed by atoms with van der Waals surface area (Å²) in [5.74, 6) is 1.00. The van der Waals surface area contributed by atoms with Crippen LogP contribution in [-0.2, 0) is 14.3 Å². The van der Waals surface area contributed by atoms with Crippen molar-refractivity contribution in [3.63, 3.8) is 0 Å². The minimum atomic E-state index is -0.553. The van der Waals surface area contributed by atoms with Gasteiger partial charge in [-0.05, 0) is 55.9 Å². The molecule has 0 bridgehead atoms. The van der Waals surface area contributed by atoms with Crippen LogP contribution in [0.2, 0.25) is 0 Å². The van der Waals surface area contributed by atoms with Gasteiger partial charge in [-0.25, -0.2) is 4.79 Å². The Kier molecular flexibility index (Phi) is 10.3. The molecule has 1 saturated carbocycles. The molecule has 2 atom stereocenters. The number of hydrogen-bond donors (Lipinski definition) is 1. The Labute approximate surface area is 180 Å². The molecule has 1 aromatic rings. The third kappa shape index (κ3) is 8.09. The van der Waals surface area contributed by atoms with Crippen LogP contribution in [0.1, 0.15) is 64.9 Å². The summed E-state index contributed by atoms with van der Waals surface area (Å²) in [4.78, 5) is 24.0. The predicted molar refractivity (Wildman–Crippen MR) is 118 cm³/mol. The van der Waals surface area contributed by atoms with E-state index in [2.05, 4.69) is 19.2 Å². The van der Waals surface area contributed by atoms with E-state index < -0.39 is 5.97 Å². The number of carbonyl (C=O) groups is 2. The van der Waals surface area contributed by atoms with E-state index in [1.165, 1.54) is 12.5 Å². The van der Waals surface area contributed by atoms with Gasteiger partial charge in [0.25, 0.3) is 5.91 Å². The first-order valence-electron chi connectivity index (χ1n) is 11.1. The van der Waals surface area contributed by atoms with Crippen molar-refractivity contribution < 1.29 is 23.8 Å². The highest BCUT2D eigenvalue weighted by molar-refractivity contribution is 5.89. The molecule has 2 rings (SSSR count). The largest absolute Gasteiger partial charge is 0.490 e. The third-order valence-corrected chi connectivity index (χ3v) is 5.24. The average molecular weight is 418 g/mol. The molecular weight excluding hydrogens is 382 g/mol. The molecule has 6 nitrogen and oxygen atoms in total. The summed E-state index contributed by atoms with van der Waals surface area (Å²) < 4.78 is 16.5.